The van der Waals surface area contributed by atoms with Crippen LogP contribution in [0.3, 0.4) is 0 Å². The first-order valence-electron chi connectivity index (χ1n) is 4.71. The minimum atomic E-state index is -1.01. The average molecular weight is 239 g/mol. The third kappa shape index (κ3) is 2.93. The van der Waals surface area contributed by atoms with Crippen LogP contribution in [0.4, 0.5) is 0 Å². The molecule has 1 aromatic rings. The third-order valence-corrected chi connectivity index (χ3v) is 2.36. The van der Waals surface area contributed by atoms with Gasteiger partial charge in [-0.1, -0.05) is 24.4 Å². The van der Waals surface area contributed by atoms with Gasteiger partial charge in [-0.2, -0.15) is 0 Å². The van der Waals surface area contributed by atoms with Crippen LogP contribution < -0.4 is 10.5 Å². The van der Waals surface area contributed by atoms with Crippen molar-refractivity contribution >= 4 is 23.2 Å². The Balaban J connectivity index is 2.98. The number of aliphatic carboxylic acids is 1. The highest BCUT2D eigenvalue weighted by atomic mass is 32.1. The van der Waals surface area contributed by atoms with Gasteiger partial charge in [0.15, 0.2) is 6.10 Å². The molecule has 1 rings (SSSR count). The van der Waals surface area contributed by atoms with E-state index in [1.165, 1.54) is 6.92 Å². The van der Waals surface area contributed by atoms with Gasteiger partial charge in [-0.15, -0.1) is 0 Å². The van der Waals surface area contributed by atoms with Crippen LogP contribution in [0.2, 0.25) is 0 Å². The van der Waals surface area contributed by atoms with Crippen molar-refractivity contribution in [2.45, 2.75) is 20.0 Å². The number of nitrogens with two attached hydrogens (primary N) is 1. The second-order valence-electron chi connectivity index (χ2n) is 3.44. The number of carboxylic acid groups (broad SMARTS) is 1. The predicted octanol–water partition coefficient (Wildman–Crippen LogP) is 1.48. The van der Waals surface area contributed by atoms with Crippen LogP contribution in [0, 0.1) is 6.92 Å². The predicted molar refractivity (Wildman–Crippen MR) is 64.8 cm³/mol. The minimum absolute atomic E-state index is 0.257. The van der Waals surface area contributed by atoms with Crippen molar-refractivity contribution in [2.24, 2.45) is 5.73 Å². The van der Waals surface area contributed by atoms with Crippen molar-refractivity contribution in [2.75, 3.05) is 0 Å². The highest BCUT2D eigenvalue weighted by molar-refractivity contribution is 7.80. The second-order valence-corrected chi connectivity index (χ2v) is 3.88. The largest absolute Gasteiger partial charge is 0.479 e. The van der Waals surface area contributed by atoms with Gasteiger partial charge in [0.2, 0.25) is 0 Å². The number of carboxylic acids is 1. The van der Waals surface area contributed by atoms with Gasteiger partial charge in [-0.3, -0.25) is 0 Å². The molecule has 1 atom stereocenters. The van der Waals surface area contributed by atoms with Crippen molar-refractivity contribution in [3.63, 3.8) is 0 Å². The molecule has 0 heterocycles. The first-order valence-corrected chi connectivity index (χ1v) is 5.12. The highest BCUT2D eigenvalue weighted by Gasteiger charge is 2.14. The van der Waals surface area contributed by atoms with E-state index < -0.39 is 12.1 Å². The fourth-order valence-corrected chi connectivity index (χ4v) is 1.25. The van der Waals surface area contributed by atoms with Crippen molar-refractivity contribution < 1.29 is 14.6 Å². The van der Waals surface area contributed by atoms with Crippen LogP contribution in [0.25, 0.3) is 0 Å². The number of benzene rings is 1. The fraction of sp³-hybridized carbons (Fsp3) is 0.273. The number of carbonyl (C=O) groups is 1. The van der Waals surface area contributed by atoms with Crippen LogP contribution in [-0.2, 0) is 4.79 Å². The minimum Gasteiger partial charge on any atom is -0.479 e. The molecule has 4 nitrogen and oxygen atoms in total. The number of aryl methyl sites for hydroxylation is 1. The Kier molecular flexibility index (Phi) is 3.84. The summed E-state index contributed by atoms with van der Waals surface area (Å²) >= 11 is 4.84. The summed E-state index contributed by atoms with van der Waals surface area (Å²) in [4.78, 5) is 10.9. The maximum atomic E-state index is 10.7. The lowest BCUT2D eigenvalue weighted by Gasteiger charge is -2.13. The van der Waals surface area contributed by atoms with Crippen LogP contribution in [0.15, 0.2) is 18.2 Å². The van der Waals surface area contributed by atoms with Gasteiger partial charge in [0.05, 0.1) is 0 Å². The summed E-state index contributed by atoms with van der Waals surface area (Å²) in [7, 11) is 0. The van der Waals surface area contributed by atoms with E-state index >= 15 is 0 Å². The van der Waals surface area contributed by atoms with Crippen molar-refractivity contribution in [3.8, 4) is 5.75 Å². The van der Waals surface area contributed by atoms with E-state index in [9.17, 15) is 4.79 Å². The van der Waals surface area contributed by atoms with Crippen molar-refractivity contribution in [1.82, 2.24) is 0 Å². The molecule has 5 heteroatoms. The Morgan fingerprint density at radius 2 is 2.19 bits per heavy atom. The molecule has 0 aliphatic rings. The van der Waals surface area contributed by atoms with Crippen LogP contribution >= 0.6 is 12.2 Å². The van der Waals surface area contributed by atoms with E-state index in [1.807, 2.05) is 6.92 Å². The molecule has 0 fully saturated rings. The summed E-state index contributed by atoms with van der Waals surface area (Å²) in [6.07, 6.45) is -0.903. The molecule has 0 bridgehead atoms. The number of hydrogen-bond donors (Lipinski definition) is 2. The molecular weight excluding hydrogens is 226 g/mol. The van der Waals surface area contributed by atoms with E-state index in [4.69, 9.17) is 27.8 Å². The Hall–Kier alpha value is -1.62. The number of hydrogen-bond acceptors (Lipinski definition) is 3. The number of ether oxygens (including phenoxy) is 1. The molecular formula is C11H13NO3S. The molecule has 1 unspecified atom stereocenters. The lowest BCUT2D eigenvalue weighted by atomic mass is 10.1. The summed E-state index contributed by atoms with van der Waals surface area (Å²) in [5.74, 6) is -0.527. The molecule has 0 aliphatic heterocycles. The van der Waals surface area contributed by atoms with Gasteiger partial charge in [-0.25, -0.2) is 4.79 Å². The van der Waals surface area contributed by atoms with E-state index in [1.54, 1.807) is 18.2 Å². The first-order chi connectivity index (χ1) is 7.41. The summed E-state index contributed by atoms with van der Waals surface area (Å²) in [5.41, 5.74) is 6.98. The van der Waals surface area contributed by atoms with Crippen molar-refractivity contribution in [1.29, 1.82) is 0 Å². The summed E-state index contributed by atoms with van der Waals surface area (Å²) in [5, 5.41) is 8.74. The average Bonchev–Trinajstić information content (AvgIpc) is 2.20. The van der Waals surface area contributed by atoms with Gasteiger partial charge < -0.3 is 15.6 Å². The van der Waals surface area contributed by atoms with E-state index in [2.05, 4.69) is 0 Å². The van der Waals surface area contributed by atoms with Gasteiger partial charge in [0.25, 0.3) is 0 Å². The standard InChI is InChI=1S/C11H13NO3S/c1-6-3-4-8(10(12)16)5-9(6)15-7(2)11(13)14/h3-5,7H,1-2H3,(H2,12,16)(H,13,14). The van der Waals surface area contributed by atoms with Crippen LogP contribution in [0.1, 0.15) is 18.1 Å². The lowest BCUT2D eigenvalue weighted by Crippen LogP contribution is -2.23. The molecule has 86 valence electrons. The number of rotatable bonds is 4. The van der Waals surface area contributed by atoms with Gasteiger partial charge >= 0.3 is 5.97 Å². The monoisotopic (exact) mass is 239 g/mol. The molecule has 0 amide bonds. The zero-order valence-corrected chi connectivity index (χ0v) is 9.88. The second kappa shape index (κ2) is 4.94. The Bertz CT molecular complexity index is 431. The maximum absolute atomic E-state index is 10.7. The smallest absolute Gasteiger partial charge is 0.344 e. The topological polar surface area (TPSA) is 72.5 Å². The Morgan fingerprint density at radius 3 is 2.69 bits per heavy atom. The van der Waals surface area contributed by atoms with Crippen LogP contribution in [0.5, 0.6) is 5.75 Å². The summed E-state index contributed by atoms with van der Waals surface area (Å²) < 4.78 is 5.28. The third-order valence-electron chi connectivity index (χ3n) is 2.12. The Labute approximate surface area is 99.0 Å². The zero-order chi connectivity index (χ0) is 12.3. The quantitative estimate of drug-likeness (QED) is 0.779. The van der Waals surface area contributed by atoms with E-state index in [-0.39, 0.29) is 4.99 Å². The van der Waals surface area contributed by atoms with Crippen molar-refractivity contribution in [3.05, 3.63) is 29.3 Å². The molecule has 0 radical (unpaired) electrons. The molecule has 0 aliphatic carbocycles. The molecule has 0 aromatic heterocycles. The molecule has 16 heavy (non-hydrogen) atoms. The Morgan fingerprint density at radius 1 is 1.56 bits per heavy atom. The van der Waals surface area contributed by atoms with E-state index in [0.29, 0.717) is 11.3 Å². The van der Waals surface area contributed by atoms with Crippen LogP contribution in [-0.4, -0.2) is 22.2 Å². The molecule has 0 saturated heterocycles. The zero-order valence-electron chi connectivity index (χ0n) is 9.06. The normalized spacial score (nSPS) is 11.9. The SMILES string of the molecule is Cc1ccc(C(N)=S)cc1OC(C)C(=O)O. The summed E-state index contributed by atoms with van der Waals surface area (Å²) in [6, 6.07) is 5.21. The van der Waals surface area contributed by atoms with E-state index in [0.717, 1.165) is 5.56 Å². The molecule has 0 saturated carbocycles. The molecule has 1 aromatic carbocycles. The van der Waals surface area contributed by atoms with Gasteiger partial charge in [-0.05, 0) is 25.5 Å². The molecule has 0 spiro atoms. The maximum Gasteiger partial charge on any atom is 0.344 e. The van der Waals surface area contributed by atoms with Gasteiger partial charge in [0, 0.05) is 5.56 Å². The van der Waals surface area contributed by atoms with Gasteiger partial charge in [0.1, 0.15) is 10.7 Å². The summed E-state index contributed by atoms with van der Waals surface area (Å²) in [6.45, 7) is 3.29. The highest BCUT2D eigenvalue weighted by Crippen LogP contribution is 2.20. The fourth-order valence-electron chi connectivity index (χ4n) is 1.12. The lowest BCUT2D eigenvalue weighted by molar-refractivity contribution is -0.144. The first kappa shape index (κ1) is 12.4. The number of thiocarbonyl (C=S) groups is 1. The molecule has 3 N–H and O–H groups in total.